The minimum absolute atomic E-state index is 0.121. The van der Waals surface area contributed by atoms with Gasteiger partial charge in [0.25, 0.3) is 0 Å². The van der Waals surface area contributed by atoms with Crippen LogP contribution < -0.4 is 0 Å². The molecule has 2 aromatic carbocycles. The van der Waals surface area contributed by atoms with Gasteiger partial charge in [0, 0.05) is 17.3 Å². The maximum absolute atomic E-state index is 9.47. The third-order valence-electron chi connectivity index (χ3n) is 3.66. The Kier molecular flexibility index (Phi) is 5.15. The molecule has 0 aliphatic carbocycles. The highest BCUT2D eigenvalue weighted by molar-refractivity contribution is 7.09. The Hall–Kier alpha value is -2.77. The average Bonchev–Trinajstić information content (AvgIpc) is 3.06. The molecular formula is C20H17N3S. The standard InChI is InChI=1S/C20H17N3S/c1-15-14-24-20(23-15)18(12-21)13-22-19(16-8-4-2-5-9-16)17-10-6-3-7-11-17/h2-11,13-14,18-19H,1H3/t18-/m1/s1. The van der Waals surface area contributed by atoms with Gasteiger partial charge in [-0.3, -0.25) is 4.99 Å². The van der Waals surface area contributed by atoms with E-state index in [1.54, 1.807) is 6.21 Å². The number of nitriles is 1. The predicted molar refractivity (Wildman–Crippen MR) is 98.4 cm³/mol. The Morgan fingerprint density at radius 2 is 1.62 bits per heavy atom. The molecule has 0 saturated carbocycles. The van der Waals surface area contributed by atoms with Crippen molar-refractivity contribution >= 4 is 17.6 Å². The lowest BCUT2D eigenvalue weighted by Gasteiger charge is -2.14. The summed E-state index contributed by atoms with van der Waals surface area (Å²) < 4.78 is 0. The minimum Gasteiger partial charge on any atom is -0.283 e. The number of rotatable bonds is 5. The van der Waals surface area contributed by atoms with Gasteiger partial charge in [-0.25, -0.2) is 4.98 Å². The monoisotopic (exact) mass is 331 g/mol. The molecule has 1 aromatic heterocycles. The van der Waals surface area contributed by atoms with Crippen LogP contribution in [0, 0.1) is 18.3 Å². The summed E-state index contributed by atoms with van der Waals surface area (Å²) in [4.78, 5) is 9.15. The Labute approximate surface area is 146 Å². The van der Waals surface area contributed by atoms with Gasteiger partial charge in [0.15, 0.2) is 0 Å². The summed E-state index contributed by atoms with van der Waals surface area (Å²) >= 11 is 1.50. The molecule has 0 saturated heterocycles. The van der Waals surface area contributed by atoms with Crippen LogP contribution in [-0.2, 0) is 0 Å². The van der Waals surface area contributed by atoms with E-state index in [9.17, 15) is 5.26 Å². The SMILES string of the molecule is Cc1csc([C@H](C#N)C=NC(c2ccccc2)c2ccccc2)n1. The lowest BCUT2D eigenvalue weighted by molar-refractivity contribution is 0.870. The van der Waals surface area contributed by atoms with Crippen molar-refractivity contribution < 1.29 is 0 Å². The molecule has 0 aliphatic heterocycles. The predicted octanol–water partition coefficient (Wildman–Crippen LogP) is 4.92. The van der Waals surface area contributed by atoms with Crippen LogP contribution in [0.5, 0.6) is 0 Å². The third-order valence-corrected chi connectivity index (χ3v) is 4.70. The Balaban J connectivity index is 1.93. The largest absolute Gasteiger partial charge is 0.283 e. The van der Waals surface area contributed by atoms with Gasteiger partial charge in [-0.15, -0.1) is 11.3 Å². The van der Waals surface area contributed by atoms with Crippen LogP contribution >= 0.6 is 11.3 Å². The van der Waals surface area contributed by atoms with E-state index in [4.69, 9.17) is 4.99 Å². The maximum atomic E-state index is 9.47. The Morgan fingerprint density at radius 1 is 1.04 bits per heavy atom. The second-order valence-electron chi connectivity index (χ2n) is 5.46. The van der Waals surface area contributed by atoms with Crippen LogP contribution in [0.15, 0.2) is 71.0 Å². The number of thiazole rings is 1. The van der Waals surface area contributed by atoms with Gasteiger partial charge in [0.1, 0.15) is 10.9 Å². The van der Waals surface area contributed by atoms with Crippen molar-refractivity contribution in [3.8, 4) is 6.07 Å². The number of nitrogens with zero attached hydrogens (tertiary/aromatic N) is 3. The first kappa shape index (κ1) is 16.1. The van der Waals surface area contributed by atoms with E-state index >= 15 is 0 Å². The highest BCUT2D eigenvalue weighted by Gasteiger charge is 2.15. The fourth-order valence-corrected chi connectivity index (χ4v) is 3.28. The van der Waals surface area contributed by atoms with Crippen molar-refractivity contribution in [2.45, 2.75) is 18.9 Å². The van der Waals surface area contributed by atoms with Gasteiger partial charge >= 0.3 is 0 Å². The molecule has 1 atom stereocenters. The normalized spacial score (nSPS) is 12.4. The summed E-state index contributed by atoms with van der Waals surface area (Å²) in [6, 6.07) is 22.4. The molecule has 0 spiro atoms. The lowest BCUT2D eigenvalue weighted by Crippen LogP contribution is -2.02. The molecule has 24 heavy (non-hydrogen) atoms. The summed E-state index contributed by atoms with van der Waals surface area (Å²) in [6.07, 6.45) is 1.73. The number of aliphatic imine (C=N–C) groups is 1. The molecule has 0 fully saturated rings. The summed E-state index contributed by atoms with van der Waals surface area (Å²) in [7, 11) is 0. The summed E-state index contributed by atoms with van der Waals surface area (Å²) in [5.74, 6) is -0.418. The van der Waals surface area contributed by atoms with E-state index < -0.39 is 5.92 Å². The van der Waals surface area contributed by atoms with E-state index in [0.717, 1.165) is 21.8 Å². The first-order valence-electron chi connectivity index (χ1n) is 7.73. The highest BCUT2D eigenvalue weighted by Crippen LogP contribution is 2.27. The van der Waals surface area contributed by atoms with Gasteiger partial charge in [0.2, 0.25) is 0 Å². The molecule has 0 bridgehead atoms. The van der Waals surface area contributed by atoms with E-state index in [-0.39, 0.29) is 6.04 Å². The molecule has 3 aromatic rings. The molecule has 0 unspecified atom stereocenters. The van der Waals surface area contributed by atoms with Crippen LogP contribution in [0.25, 0.3) is 0 Å². The van der Waals surface area contributed by atoms with Gasteiger partial charge in [-0.05, 0) is 18.1 Å². The average molecular weight is 331 g/mol. The zero-order valence-corrected chi connectivity index (χ0v) is 14.1. The number of aryl methyl sites for hydroxylation is 1. The van der Waals surface area contributed by atoms with E-state index in [1.807, 2.05) is 48.7 Å². The summed E-state index contributed by atoms with van der Waals surface area (Å²) in [5, 5.41) is 12.2. The van der Waals surface area contributed by atoms with Crippen LogP contribution in [0.1, 0.15) is 33.8 Å². The number of hydrogen-bond donors (Lipinski definition) is 0. The molecule has 4 heteroatoms. The Morgan fingerprint density at radius 3 is 2.08 bits per heavy atom. The maximum Gasteiger partial charge on any atom is 0.133 e. The Bertz CT molecular complexity index is 808. The molecule has 0 aliphatic rings. The quantitative estimate of drug-likeness (QED) is 0.623. The van der Waals surface area contributed by atoms with Crippen molar-refractivity contribution in [3.05, 3.63) is 87.9 Å². The van der Waals surface area contributed by atoms with E-state index in [0.29, 0.717) is 0 Å². The third kappa shape index (κ3) is 3.76. The lowest BCUT2D eigenvalue weighted by atomic mass is 9.99. The molecular weight excluding hydrogens is 314 g/mol. The van der Waals surface area contributed by atoms with Crippen LogP contribution in [0.3, 0.4) is 0 Å². The van der Waals surface area contributed by atoms with Crippen molar-refractivity contribution in [2.24, 2.45) is 4.99 Å². The van der Waals surface area contributed by atoms with E-state index in [2.05, 4.69) is 35.3 Å². The fraction of sp³-hybridized carbons (Fsp3) is 0.150. The molecule has 0 radical (unpaired) electrons. The summed E-state index contributed by atoms with van der Waals surface area (Å²) in [6.45, 7) is 1.93. The van der Waals surface area contributed by atoms with Crippen molar-refractivity contribution in [3.63, 3.8) is 0 Å². The van der Waals surface area contributed by atoms with Gasteiger partial charge in [0.05, 0.1) is 12.1 Å². The van der Waals surface area contributed by atoms with Gasteiger partial charge in [-0.2, -0.15) is 5.26 Å². The second-order valence-corrected chi connectivity index (χ2v) is 6.35. The molecule has 0 N–H and O–H groups in total. The first-order valence-corrected chi connectivity index (χ1v) is 8.60. The zero-order valence-electron chi connectivity index (χ0n) is 13.3. The molecule has 1 heterocycles. The molecule has 118 valence electrons. The van der Waals surface area contributed by atoms with Crippen LogP contribution in [0.2, 0.25) is 0 Å². The summed E-state index contributed by atoms with van der Waals surface area (Å²) in [5.41, 5.74) is 3.14. The fourth-order valence-electron chi connectivity index (χ4n) is 2.47. The zero-order chi connectivity index (χ0) is 16.8. The second kappa shape index (κ2) is 7.67. The highest BCUT2D eigenvalue weighted by atomic mass is 32.1. The topological polar surface area (TPSA) is 49.0 Å². The molecule has 0 amide bonds. The minimum atomic E-state index is -0.418. The van der Waals surface area contributed by atoms with E-state index in [1.165, 1.54) is 11.3 Å². The van der Waals surface area contributed by atoms with Crippen molar-refractivity contribution in [2.75, 3.05) is 0 Å². The van der Waals surface area contributed by atoms with Crippen LogP contribution in [-0.4, -0.2) is 11.2 Å². The number of aromatic nitrogens is 1. The number of hydrogen-bond acceptors (Lipinski definition) is 4. The van der Waals surface area contributed by atoms with Crippen LogP contribution in [0.4, 0.5) is 0 Å². The first-order chi connectivity index (χ1) is 11.8. The molecule has 3 nitrogen and oxygen atoms in total. The smallest absolute Gasteiger partial charge is 0.133 e. The van der Waals surface area contributed by atoms with Gasteiger partial charge in [-0.1, -0.05) is 60.7 Å². The van der Waals surface area contributed by atoms with Gasteiger partial charge < -0.3 is 0 Å². The number of benzene rings is 2. The molecule has 3 rings (SSSR count). The van der Waals surface area contributed by atoms with Crippen molar-refractivity contribution in [1.82, 2.24) is 4.98 Å². The van der Waals surface area contributed by atoms with Crippen molar-refractivity contribution in [1.29, 1.82) is 5.26 Å².